The van der Waals surface area contributed by atoms with Crippen LogP contribution in [-0.4, -0.2) is 42.3 Å². The van der Waals surface area contributed by atoms with Crippen LogP contribution in [0.2, 0.25) is 0 Å². The van der Waals surface area contributed by atoms with Gasteiger partial charge in [0.25, 0.3) is 0 Å². The van der Waals surface area contributed by atoms with E-state index >= 15 is 0 Å². The minimum absolute atomic E-state index is 0.842. The molecule has 100 valence electrons. The SMILES string of the molecule is CSC.c1ccc(S[C@H]2CN3CCC2CC3)cc1. The highest BCUT2D eigenvalue weighted by atomic mass is 32.2. The van der Waals surface area contributed by atoms with E-state index in [-0.39, 0.29) is 0 Å². The molecule has 3 aliphatic rings. The van der Waals surface area contributed by atoms with Gasteiger partial charge in [0.1, 0.15) is 0 Å². The second-order valence-corrected chi connectivity index (χ2v) is 7.14. The zero-order chi connectivity index (χ0) is 12.8. The maximum atomic E-state index is 2.63. The molecule has 3 aliphatic heterocycles. The molecule has 0 amide bonds. The van der Waals surface area contributed by atoms with Gasteiger partial charge in [-0.25, -0.2) is 0 Å². The quantitative estimate of drug-likeness (QED) is 0.810. The Balaban J connectivity index is 0.000000367. The Bertz CT molecular complexity index is 334. The number of hydrogen-bond acceptors (Lipinski definition) is 3. The summed E-state index contributed by atoms with van der Waals surface area (Å²) in [7, 11) is 0. The molecule has 3 saturated heterocycles. The lowest BCUT2D eigenvalue weighted by atomic mass is 9.88. The zero-order valence-corrected chi connectivity index (χ0v) is 13.0. The molecule has 4 rings (SSSR count). The second kappa shape index (κ2) is 7.46. The monoisotopic (exact) mass is 281 g/mol. The summed E-state index contributed by atoms with van der Waals surface area (Å²) in [6, 6.07) is 10.9. The number of nitrogens with zero attached hydrogens (tertiary/aromatic N) is 1. The lowest BCUT2D eigenvalue weighted by molar-refractivity contribution is 0.118. The van der Waals surface area contributed by atoms with E-state index in [0.717, 1.165) is 11.2 Å². The lowest BCUT2D eigenvalue weighted by Crippen LogP contribution is -2.48. The van der Waals surface area contributed by atoms with Crippen molar-refractivity contribution in [1.29, 1.82) is 0 Å². The molecule has 1 aromatic rings. The lowest BCUT2D eigenvalue weighted by Gasteiger charge is -2.44. The Morgan fingerprint density at radius 2 is 1.67 bits per heavy atom. The number of piperidine rings is 3. The van der Waals surface area contributed by atoms with Crippen molar-refractivity contribution in [2.24, 2.45) is 5.92 Å². The van der Waals surface area contributed by atoms with Gasteiger partial charge in [0.2, 0.25) is 0 Å². The van der Waals surface area contributed by atoms with E-state index < -0.39 is 0 Å². The normalized spacial score (nSPS) is 29.6. The van der Waals surface area contributed by atoms with E-state index in [1.54, 1.807) is 11.8 Å². The van der Waals surface area contributed by atoms with Gasteiger partial charge < -0.3 is 4.90 Å². The zero-order valence-electron chi connectivity index (χ0n) is 11.3. The molecule has 0 N–H and O–H groups in total. The highest BCUT2D eigenvalue weighted by molar-refractivity contribution is 8.00. The van der Waals surface area contributed by atoms with Gasteiger partial charge in [0.05, 0.1) is 0 Å². The number of hydrogen-bond donors (Lipinski definition) is 0. The summed E-state index contributed by atoms with van der Waals surface area (Å²) in [6.07, 6.45) is 6.93. The van der Waals surface area contributed by atoms with Crippen LogP contribution in [-0.2, 0) is 0 Å². The van der Waals surface area contributed by atoms with Crippen LogP contribution in [0.25, 0.3) is 0 Å². The van der Waals surface area contributed by atoms with Gasteiger partial charge in [-0.15, -0.1) is 11.8 Å². The van der Waals surface area contributed by atoms with Crippen LogP contribution >= 0.6 is 23.5 Å². The third-order valence-electron chi connectivity index (χ3n) is 3.63. The van der Waals surface area contributed by atoms with Crippen molar-refractivity contribution in [3.8, 4) is 0 Å². The van der Waals surface area contributed by atoms with Crippen LogP contribution < -0.4 is 0 Å². The first kappa shape index (κ1) is 14.3. The van der Waals surface area contributed by atoms with E-state index in [1.165, 1.54) is 37.4 Å². The van der Waals surface area contributed by atoms with Crippen LogP contribution in [0.5, 0.6) is 0 Å². The number of fused-ring (bicyclic) bond motifs is 3. The summed E-state index contributed by atoms with van der Waals surface area (Å²) in [5.41, 5.74) is 0. The molecule has 0 aliphatic carbocycles. The predicted molar refractivity (Wildman–Crippen MR) is 84.7 cm³/mol. The Morgan fingerprint density at radius 3 is 2.17 bits per heavy atom. The molecule has 2 bridgehead atoms. The molecule has 3 heteroatoms. The smallest absolute Gasteiger partial charge is 0.0251 e. The number of thioether (sulfide) groups is 2. The van der Waals surface area contributed by atoms with E-state index in [4.69, 9.17) is 0 Å². The first-order valence-electron chi connectivity index (χ1n) is 6.67. The van der Waals surface area contributed by atoms with Gasteiger partial charge in [0.15, 0.2) is 0 Å². The minimum Gasteiger partial charge on any atom is -0.302 e. The van der Waals surface area contributed by atoms with Gasteiger partial charge in [-0.1, -0.05) is 18.2 Å². The van der Waals surface area contributed by atoms with Gasteiger partial charge in [-0.05, 0) is 56.5 Å². The molecule has 3 heterocycles. The summed E-state index contributed by atoms with van der Waals surface area (Å²) >= 11 is 3.84. The maximum Gasteiger partial charge on any atom is 0.0251 e. The Labute approximate surface area is 120 Å². The first-order valence-corrected chi connectivity index (χ1v) is 9.19. The third-order valence-corrected chi connectivity index (χ3v) is 5.01. The van der Waals surface area contributed by atoms with Crippen molar-refractivity contribution in [1.82, 2.24) is 4.90 Å². The highest BCUT2D eigenvalue weighted by Gasteiger charge is 2.34. The molecule has 0 radical (unpaired) electrons. The fourth-order valence-corrected chi connectivity index (χ4v) is 4.13. The molecule has 1 nitrogen and oxygen atoms in total. The predicted octanol–water partition coefficient (Wildman–Crippen LogP) is 3.85. The molecule has 1 atom stereocenters. The van der Waals surface area contributed by atoms with Crippen molar-refractivity contribution in [3.05, 3.63) is 30.3 Å². The molecule has 0 unspecified atom stereocenters. The maximum absolute atomic E-state index is 2.63. The van der Waals surface area contributed by atoms with E-state index in [1.807, 2.05) is 12.5 Å². The largest absolute Gasteiger partial charge is 0.302 e. The highest BCUT2D eigenvalue weighted by Crippen LogP contribution is 2.38. The molecule has 0 aromatic heterocycles. The average molecular weight is 281 g/mol. The number of benzene rings is 1. The Morgan fingerprint density at radius 1 is 1.06 bits per heavy atom. The first-order chi connectivity index (χ1) is 8.83. The van der Waals surface area contributed by atoms with Crippen LogP contribution in [0.15, 0.2) is 35.2 Å². The van der Waals surface area contributed by atoms with Crippen LogP contribution in [0.4, 0.5) is 0 Å². The average Bonchev–Trinajstić information content (AvgIpc) is 2.42. The molecule has 18 heavy (non-hydrogen) atoms. The van der Waals surface area contributed by atoms with Gasteiger partial charge in [0, 0.05) is 16.7 Å². The summed E-state index contributed by atoms with van der Waals surface area (Å²) in [4.78, 5) is 4.07. The fraction of sp³-hybridized carbons (Fsp3) is 0.600. The third kappa shape index (κ3) is 3.94. The van der Waals surface area contributed by atoms with Crippen molar-refractivity contribution in [2.45, 2.75) is 23.0 Å². The molecular formula is C15H23NS2. The summed E-state index contributed by atoms with van der Waals surface area (Å²) in [5, 5.41) is 0.842. The topological polar surface area (TPSA) is 3.24 Å². The van der Waals surface area contributed by atoms with Crippen LogP contribution in [0, 0.1) is 5.92 Å². The molecule has 1 aromatic carbocycles. The standard InChI is InChI=1S/C13H17NS.C2H6S/c1-2-4-12(5-3-1)15-13-10-14-8-6-11(13)7-9-14;1-3-2/h1-5,11,13H,6-10H2;1-2H3/t13-;/m0./s1. The van der Waals surface area contributed by atoms with Gasteiger partial charge in [-0.3, -0.25) is 0 Å². The van der Waals surface area contributed by atoms with Gasteiger partial charge in [-0.2, -0.15) is 11.8 Å². The van der Waals surface area contributed by atoms with E-state index in [0.29, 0.717) is 0 Å². The Hall–Kier alpha value is -0.120. The van der Waals surface area contributed by atoms with Crippen LogP contribution in [0.3, 0.4) is 0 Å². The van der Waals surface area contributed by atoms with Crippen molar-refractivity contribution < 1.29 is 0 Å². The van der Waals surface area contributed by atoms with Crippen molar-refractivity contribution in [3.63, 3.8) is 0 Å². The van der Waals surface area contributed by atoms with Gasteiger partial charge >= 0.3 is 0 Å². The molecule has 3 fully saturated rings. The number of rotatable bonds is 2. The second-order valence-electron chi connectivity index (χ2n) is 5.02. The summed E-state index contributed by atoms with van der Waals surface area (Å²) in [6.45, 7) is 4.00. The molecular weight excluding hydrogens is 258 g/mol. The van der Waals surface area contributed by atoms with E-state index in [9.17, 15) is 0 Å². The molecule has 0 saturated carbocycles. The van der Waals surface area contributed by atoms with Crippen LogP contribution in [0.1, 0.15) is 12.8 Å². The fourth-order valence-electron chi connectivity index (χ4n) is 2.72. The van der Waals surface area contributed by atoms with Crippen molar-refractivity contribution in [2.75, 3.05) is 32.1 Å². The van der Waals surface area contributed by atoms with E-state index in [2.05, 4.69) is 47.0 Å². The summed E-state index contributed by atoms with van der Waals surface area (Å²) in [5.74, 6) is 0.972. The molecule has 0 spiro atoms. The Kier molecular flexibility index (Phi) is 5.93. The van der Waals surface area contributed by atoms with Crippen molar-refractivity contribution >= 4 is 23.5 Å². The minimum atomic E-state index is 0.842. The summed E-state index contributed by atoms with van der Waals surface area (Å²) < 4.78 is 0.